The van der Waals surface area contributed by atoms with E-state index in [1.54, 1.807) is 60.7 Å². The van der Waals surface area contributed by atoms with E-state index in [1.165, 1.54) is 25.3 Å². The summed E-state index contributed by atoms with van der Waals surface area (Å²) in [5.74, 6) is -1.44. The number of aliphatic hydroxyl groups is 1. The Kier molecular flexibility index (Phi) is 6.66. The average molecular weight is 450 g/mol. The SMILES string of the molecule is COc1ccc(COc2ccc(-c3ccc(-c4ccc(CO)cc4)c(F)c3F)cc2)c(F)c1. The first-order valence-corrected chi connectivity index (χ1v) is 10.2. The highest BCUT2D eigenvalue weighted by molar-refractivity contribution is 5.72. The standard InChI is InChI=1S/C27H21F3O3/c1-32-22-11-8-20(25(28)14-22)16-33-21-9-6-19(7-10-21)24-13-12-23(26(29)27(24)30)18-4-2-17(15-31)3-5-18/h2-14,31H,15-16H2,1H3. The van der Waals surface area contributed by atoms with Crippen LogP contribution in [-0.2, 0) is 13.2 Å². The van der Waals surface area contributed by atoms with Crippen molar-refractivity contribution in [3.8, 4) is 33.8 Å². The fourth-order valence-electron chi connectivity index (χ4n) is 3.45. The van der Waals surface area contributed by atoms with Crippen molar-refractivity contribution in [2.45, 2.75) is 13.2 Å². The Morgan fingerprint density at radius 2 is 1.24 bits per heavy atom. The average Bonchev–Trinajstić information content (AvgIpc) is 2.85. The topological polar surface area (TPSA) is 38.7 Å². The van der Waals surface area contributed by atoms with Gasteiger partial charge in [0.2, 0.25) is 0 Å². The minimum absolute atomic E-state index is 0.0158. The normalized spacial score (nSPS) is 10.8. The van der Waals surface area contributed by atoms with Gasteiger partial charge in [-0.1, -0.05) is 48.5 Å². The quantitative estimate of drug-likeness (QED) is 0.349. The molecule has 4 aromatic rings. The molecule has 0 aliphatic rings. The lowest BCUT2D eigenvalue weighted by atomic mass is 9.98. The van der Waals surface area contributed by atoms with E-state index in [9.17, 15) is 13.2 Å². The van der Waals surface area contributed by atoms with E-state index in [0.29, 0.717) is 33.8 Å². The third-order valence-electron chi connectivity index (χ3n) is 5.35. The molecule has 0 spiro atoms. The molecule has 168 valence electrons. The molecule has 0 saturated carbocycles. The summed E-state index contributed by atoms with van der Waals surface area (Å²) in [6.45, 7) is -0.104. The van der Waals surface area contributed by atoms with Crippen molar-refractivity contribution in [3.63, 3.8) is 0 Å². The van der Waals surface area contributed by atoms with Crippen molar-refractivity contribution in [2.75, 3.05) is 7.11 Å². The zero-order chi connectivity index (χ0) is 23.4. The Balaban J connectivity index is 1.51. The molecule has 0 aromatic heterocycles. The van der Waals surface area contributed by atoms with Crippen LogP contribution in [-0.4, -0.2) is 12.2 Å². The predicted molar refractivity (Wildman–Crippen MR) is 120 cm³/mol. The van der Waals surface area contributed by atoms with Crippen molar-refractivity contribution in [3.05, 3.63) is 107 Å². The summed E-state index contributed by atoms with van der Waals surface area (Å²) in [7, 11) is 1.46. The van der Waals surface area contributed by atoms with Crippen LogP contribution in [0.25, 0.3) is 22.3 Å². The van der Waals surface area contributed by atoms with E-state index in [4.69, 9.17) is 14.6 Å². The van der Waals surface area contributed by atoms with Gasteiger partial charge in [0.05, 0.1) is 13.7 Å². The first-order valence-electron chi connectivity index (χ1n) is 10.2. The van der Waals surface area contributed by atoms with Gasteiger partial charge < -0.3 is 14.6 Å². The molecule has 0 aliphatic carbocycles. The second-order valence-corrected chi connectivity index (χ2v) is 7.41. The maximum Gasteiger partial charge on any atom is 0.167 e. The Labute approximate surface area is 189 Å². The van der Waals surface area contributed by atoms with Crippen LogP contribution in [0, 0.1) is 17.5 Å². The van der Waals surface area contributed by atoms with Crippen molar-refractivity contribution >= 4 is 0 Å². The van der Waals surface area contributed by atoms with Crippen LogP contribution >= 0.6 is 0 Å². The molecule has 4 rings (SSSR count). The van der Waals surface area contributed by atoms with Crippen LogP contribution in [0.4, 0.5) is 13.2 Å². The van der Waals surface area contributed by atoms with E-state index in [2.05, 4.69) is 0 Å². The summed E-state index contributed by atoms with van der Waals surface area (Å²) in [6, 6.07) is 20.6. The van der Waals surface area contributed by atoms with E-state index in [-0.39, 0.29) is 24.3 Å². The Morgan fingerprint density at radius 3 is 1.76 bits per heavy atom. The molecule has 0 saturated heterocycles. The van der Waals surface area contributed by atoms with Crippen molar-refractivity contribution in [2.24, 2.45) is 0 Å². The van der Waals surface area contributed by atoms with Crippen LogP contribution in [0.5, 0.6) is 11.5 Å². The largest absolute Gasteiger partial charge is 0.497 e. The molecule has 33 heavy (non-hydrogen) atoms. The van der Waals surface area contributed by atoms with E-state index >= 15 is 0 Å². The van der Waals surface area contributed by atoms with Gasteiger partial charge in [0, 0.05) is 22.8 Å². The lowest BCUT2D eigenvalue weighted by Gasteiger charge is -2.11. The number of aliphatic hydroxyl groups excluding tert-OH is 1. The first-order chi connectivity index (χ1) is 16.0. The molecule has 0 atom stereocenters. The van der Waals surface area contributed by atoms with Gasteiger partial charge in [-0.15, -0.1) is 0 Å². The van der Waals surface area contributed by atoms with Crippen LogP contribution in [0.15, 0.2) is 78.9 Å². The second kappa shape index (κ2) is 9.79. The third kappa shape index (κ3) is 4.86. The van der Waals surface area contributed by atoms with Gasteiger partial charge in [0.25, 0.3) is 0 Å². The fraction of sp³-hybridized carbons (Fsp3) is 0.111. The molecule has 0 amide bonds. The molecule has 0 bridgehead atoms. The molecule has 0 aliphatic heterocycles. The number of halogens is 3. The fourth-order valence-corrected chi connectivity index (χ4v) is 3.45. The van der Waals surface area contributed by atoms with Crippen molar-refractivity contribution in [1.29, 1.82) is 0 Å². The van der Waals surface area contributed by atoms with Crippen molar-refractivity contribution in [1.82, 2.24) is 0 Å². The molecule has 4 aromatic carbocycles. The van der Waals surface area contributed by atoms with Crippen LogP contribution < -0.4 is 9.47 Å². The number of hydrogen-bond donors (Lipinski definition) is 1. The highest BCUT2D eigenvalue weighted by Gasteiger charge is 2.16. The van der Waals surface area contributed by atoms with Gasteiger partial charge in [-0.25, -0.2) is 13.2 Å². The maximum atomic E-state index is 14.9. The molecule has 0 heterocycles. The lowest BCUT2D eigenvalue weighted by molar-refractivity contribution is 0.282. The monoisotopic (exact) mass is 450 g/mol. The van der Waals surface area contributed by atoms with E-state index in [0.717, 1.165) is 0 Å². The number of rotatable bonds is 7. The van der Waals surface area contributed by atoms with Gasteiger partial charge in [-0.2, -0.15) is 0 Å². The zero-order valence-electron chi connectivity index (χ0n) is 17.8. The zero-order valence-corrected chi connectivity index (χ0v) is 17.8. The van der Waals surface area contributed by atoms with Crippen LogP contribution in [0.1, 0.15) is 11.1 Å². The number of benzene rings is 4. The van der Waals surface area contributed by atoms with Gasteiger partial charge in [-0.3, -0.25) is 0 Å². The van der Waals surface area contributed by atoms with Crippen LogP contribution in [0.3, 0.4) is 0 Å². The summed E-state index contributed by atoms with van der Waals surface area (Å²) in [6.07, 6.45) is 0. The second-order valence-electron chi connectivity index (χ2n) is 7.41. The molecular formula is C27H21F3O3. The summed E-state index contributed by atoms with van der Waals surface area (Å²) in [5.41, 5.74) is 2.32. The minimum Gasteiger partial charge on any atom is -0.497 e. The third-order valence-corrected chi connectivity index (χ3v) is 5.35. The molecule has 0 unspecified atom stereocenters. The summed E-state index contributed by atoms with van der Waals surface area (Å²) in [4.78, 5) is 0. The summed E-state index contributed by atoms with van der Waals surface area (Å²) < 4.78 is 54.3. The minimum atomic E-state index is -0.951. The predicted octanol–water partition coefficient (Wildman–Crippen LogP) is 6.52. The number of ether oxygens (including phenoxy) is 2. The van der Waals surface area contributed by atoms with Gasteiger partial charge in [0.1, 0.15) is 23.9 Å². The number of methoxy groups -OCH3 is 1. The molecule has 0 radical (unpaired) electrons. The highest BCUT2D eigenvalue weighted by Crippen LogP contribution is 2.32. The molecule has 6 heteroatoms. The Morgan fingerprint density at radius 1 is 0.697 bits per heavy atom. The van der Waals surface area contributed by atoms with Crippen LogP contribution in [0.2, 0.25) is 0 Å². The summed E-state index contributed by atoms with van der Waals surface area (Å²) >= 11 is 0. The lowest BCUT2D eigenvalue weighted by Crippen LogP contribution is -1.99. The molecule has 1 N–H and O–H groups in total. The Hall–Kier alpha value is -3.77. The van der Waals surface area contributed by atoms with Crippen molar-refractivity contribution < 1.29 is 27.8 Å². The Bertz CT molecular complexity index is 1250. The molecular weight excluding hydrogens is 429 g/mol. The molecule has 0 fully saturated rings. The molecule has 3 nitrogen and oxygen atoms in total. The maximum absolute atomic E-state index is 14.9. The number of hydrogen-bond acceptors (Lipinski definition) is 3. The first kappa shape index (κ1) is 22.4. The van der Waals surface area contributed by atoms with Gasteiger partial charge in [-0.05, 0) is 41.0 Å². The van der Waals surface area contributed by atoms with E-state index in [1.807, 2.05) is 0 Å². The van der Waals surface area contributed by atoms with Gasteiger partial charge >= 0.3 is 0 Å². The highest BCUT2D eigenvalue weighted by atomic mass is 19.2. The smallest absolute Gasteiger partial charge is 0.167 e. The summed E-state index contributed by atoms with van der Waals surface area (Å²) in [5, 5.41) is 9.14. The van der Waals surface area contributed by atoms with Gasteiger partial charge in [0.15, 0.2) is 11.6 Å². The van der Waals surface area contributed by atoms with E-state index < -0.39 is 17.5 Å².